The summed E-state index contributed by atoms with van der Waals surface area (Å²) in [6, 6.07) is 3.14. The van der Waals surface area contributed by atoms with Gasteiger partial charge in [0.2, 0.25) is 0 Å². The van der Waals surface area contributed by atoms with Crippen molar-refractivity contribution in [3.05, 3.63) is 35.5 Å². The van der Waals surface area contributed by atoms with Crippen LogP contribution < -0.4 is 0 Å². The van der Waals surface area contributed by atoms with Crippen molar-refractivity contribution in [2.24, 2.45) is 0 Å². The fraction of sp³-hybridized carbons (Fsp3) is 0.250. The predicted molar refractivity (Wildman–Crippen MR) is 59.6 cm³/mol. The average Bonchev–Trinajstić information content (AvgIpc) is 2.65. The summed E-state index contributed by atoms with van der Waals surface area (Å²) in [4.78, 5) is 11.0. The van der Waals surface area contributed by atoms with E-state index in [0.29, 0.717) is 12.1 Å². The van der Waals surface area contributed by atoms with Gasteiger partial charge in [0, 0.05) is 23.6 Å². The molecule has 0 fully saturated rings. The summed E-state index contributed by atoms with van der Waals surface area (Å²) in [6.07, 6.45) is -3.12. The van der Waals surface area contributed by atoms with Crippen molar-refractivity contribution in [2.75, 3.05) is 0 Å². The van der Waals surface area contributed by atoms with Gasteiger partial charge >= 0.3 is 12.1 Å². The zero-order chi connectivity index (χ0) is 13.5. The minimum atomic E-state index is -4.47. The zero-order valence-electron chi connectivity index (χ0n) is 9.45. The number of nitrogens with zero attached hydrogens (tertiary/aromatic N) is 1. The molecule has 96 valence electrons. The molecule has 0 saturated heterocycles. The molecule has 3 nitrogen and oxygen atoms in total. The van der Waals surface area contributed by atoms with Crippen LogP contribution in [0.1, 0.15) is 22.8 Å². The normalized spacial score (nSPS) is 12.0. The molecule has 0 atom stereocenters. The van der Waals surface area contributed by atoms with E-state index in [4.69, 9.17) is 5.11 Å². The highest BCUT2D eigenvalue weighted by molar-refractivity contribution is 6.03. The van der Waals surface area contributed by atoms with Gasteiger partial charge in [-0.2, -0.15) is 13.2 Å². The Balaban J connectivity index is 2.75. The van der Waals surface area contributed by atoms with Crippen LogP contribution in [0.4, 0.5) is 13.2 Å². The molecule has 2 rings (SSSR count). The van der Waals surface area contributed by atoms with Crippen LogP contribution in [0.25, 0.3) is 10.9 Å². The quantitative estimate of drug-likeness (QED) is 0.896. The summed E-state index contributed by atoms with van der Waals surface area (Å²) < 4.78 is 39.4. The SMILES string of the molecule is CCn1cc(C(=O)O)c2cc(C(F)(F)F)ccc21. The molecule has 18 heavy (non-hydrogen) atoms. The molecule has 6 heteroatoms. The van der Waals surface area contributed by atoms with Gasteiger partial charge in [0.15, 0.2) is 0 Å². The number of hydrogen-bond acceptors (Lipinski definition) is 1. The maximum atomic E-state index is 12.6. The van der Waals surface area contributed by atoms with Crippen molar-refractivity contribution in [3.8, 4) is 0 Å². The molecular formula is C12H10F3NO2. The summed E-state index contributed by atoms with van der Waals surface area (Å²) >= 11 is 0. The van der Waals surface area contributed by atoms with E-state index in [-0.39, 0.29) is 10.9 Å². The van der Waals surface area contributed by atoms with E-state index in [1.54, 1.807) is 11.5 Å². The minimum Gasteiger partial charge on any atom is -0.478 e. The molecule has 0 radical (unpaired) electrons. The number of hydrogen-bond donors (Lipinski definition) is 1. The molecule has 1 aromatic heterocycles. The van der Waals surface area contributed by atoms with Gasteiger partial charge in [-0.15, -0.1) is 0 Å². The third-order valence-corrected chi connectivity index (χ3v) is 2.78. The van der Waals surface area contributed by atoms with Gasteiger partial charge in [-0.05, 0) is 25.1 Å². The summed E-state index contributed by atoms with van der Waals surface area (Å²) in [5.41, 5.74) is -0.466. The Morgan fingerprint density at radius 3 is 2.56 bits per heavy atom. The second-order valence-corrected chi connectivity index (χ2v) is 3.86. The largest absolute Gasteiger partial charge is 0.478 e. The van der Waals surface area contributed by atoms with Gasteiger partial charge in [0.05, 0.1) is 11.1 Å². The summed E-state index contributed by atoms with van der Waals surface area (Å²) in [6.45, 7) is 2.29. The maximum absolute atomic E-state index is 12.6. The topological polar surface area (TPSA) is 42.2 Å². The van der Waals surface area contributed by atoms with Gasteiger partial charge in [-0.3, -0.25) is 0 Å². The molecule has 0 saturated carbocycles. The number of fused-ring (bicyclic) bond motifs is 1. The number of benzene rings is 1. The molecule has 1 heterocycles. The number of rotatable bonds is 2. The van der Waals surface area contributed by atoms with Gasteiger partial charge in [-0.1, -0.05) is 0 Å². The molecule has 0 amide bonds. The van der Waals surface area contributed by atoms with Gasteiger partial charge in [-0.25, -0.2) is 4.79 Å². The second-order valence-electron chi connectivity index (χ2n) is 3.86. The number of carbonyl (C=O) groups is 1. The molecule has 2 aromatic rings. The first-order valence-electron chi connectivity index (χ1n) is 5.28. The number of aromatic carboxylic acids is 1. The van der Waals surface area contributed by atoms with Crippen LogP contribution >= 0.6 is 0 Å². The first kappa shape index (κ1) is 12.5. The lowest BCUT2D eigenvalue weighted by atomic mass is 10.1. The van der Waals surface area contributed by atoms with Crippen molar-refractivity contribution in [1.29, 1.82) is 0 Å². The Morgan fingerprint density at radius 2 is 2.06 bits per heavy atom. The number of aryl methyl sites for hydroxylation is 1. The van der Waals surface area contributed by atoms with Gasteiger partial charge < -0.3 is 9.67 Å². The van der Waals surface area contributed by atoms with E-state index >= 15 is 0 Å². The molecule has 0 aliphatic carbocycles. The fourth-order valence-electron chi connectivity index (χ4n) is 1.91. The van der Waals surface area contributed by atoms with Crippen LogP contribution in [0.3, 0.4) is 0 Å². The maximum Gasteiger partial charge on any atom is 0.416 e. The Morgan fingerprint density at radius 1 is 1.39 bits per heavy atom. The molecule has 1 aromatic carbocycles. The molecule has 0 aliphatic rings. The lowest BCUT2D eigenvalue weighted by Gasteiger charge is -2.07. The molecular weight excluding hydrogens is 247 g/mol. The number of aromatic nitrogens is 1. The summed E-state index contributed by atoms with van der Waals surface area (Å²) in [5.74, 6) is -1.23. The average molecular weight is 257 g/mol. The molecule has 0 aliphatic heterocycles. The Hall–Kier alpha value is -1.98. The lowest BCUT2D eigenvalue weighted by molar-refractivity contribution is -0.137. The van der Waals surface area contributed by atoms with Gasteiger partial charge in [0.25, 0.3) is 0 Å². The highest BCUT2D eigenvalue weighted by Crippen LogP contribution is 2.33. The molecule has 1 N–H and O–H groups in total. The van der Waals surface area contributed by atoms with Crippen LogP contribution in [0.2, 0.25) is 0 Å². The van der Waals surface area contributed by atoms with Gasteiger partial charge in [0.1, 0.15) is 0 Å². The van der Waals surface area contributed by atoms with Crippen LogP contribution in [0, 0.1) is 0 Å². The number of halogens is 3. The summed E-state index contributed by atoms with van der Waals surface area (Å²) in [5, 5.41) is 9.10. The van der Waals surface area contributed by atoms with Crippen LogP contribution in [-0.2, 0) is 12.7 Å². The number of alkyl halides is 3. The van der Waals surface area contributed by atoms with Crippen LogP contribution in [0.15, 0.2) is 24.4 Å². The molecule has 0 bridgehead atoms. The van der Waals surface area contributed by atoms with E-state index in [1.165, 1.54) is 12.3 Å². The van der Waals surface area contributed by atoms with E-state index < -0.39 is 17.7 Å². The van der Waals surface area contributed by atoms with Crippen molar-refractivity contribution < 1.29 is 23.1 Å². The highest BCUT2D eigenvalue weighted by Gasteiger charge is 2.31. The summed E-state index contributed by atoms with van der Waals surface area (Å²) in [7, 11) is 0. The second kappa shape index (κ2) is 4.04. The van der Waals surface area contributed by atoms with Crippen molar-refractivity contribution in [3.63, 3.8) is 0 Å². The van der Waals surface area contributed by atoms with Crippen LogP contribution in [-0.4, -0.2) is 15.6 Å². The first-order chi connectivity index (χ1) is 8.34. The molecule has 0 spiro atoms. The van der Waals surface area contributed by atoms with E-state index in [0.717, 1.165) is 12.1 Å². The Kier molecular flexibility index (Phi) is 2.80. The van der Waals surface area contributed by atoms with E-state index in [2.05, 4.69) is 0 Å². The van der Waals surface area contributed by atoms with E-state index in [1.807, 2.05) is 0 Å². The minimum absolute atomic E-state index is 0.110. The number of carboxylic acid groups (broad SMARTS) is 1. The Bertz CT molecular complexity index is 614. The zero-order valence-corrected chi connectivity index (χ0v) is 9.45. The van der Waals surface area contributed by atoms with Crippen molar-refractivity contribution in [2.45, 2.75) is 19.6 Å². The third kappa shape index (κ3) is 1.94. The third-order valence-electron chi connectivity index (χ3n) is 2.78. The van der Waals surface area contributed by atoms with Crippen LogP contribution in [0.5, 0.6) is 0 Å². The highest BCUT2D eigenvalue weighted by atomic mass is 19.4. The van der Waals surface area contributed by atoms with Crippen molar-refractivity contribution in [1.82, 2.24) is 4.57 Å². The lowest BCUT2D eigenvalue weighted by Crippen LogP contribution is -2.04. The first-order valence-corrected chi connectivity index (χ1v) is 5.28. The molecule has 0 unspecified atom stereocenters. The van der Waals surface area contributed by atoms with E-state index in [9.17, 15) is 18.0 Å². The fourth-order valence-corrected chi connectivity index (χ4v) is 1.91. The monoisotopic (exact) mass is 257 g/mol. The smallest absolute Gasteiger partial charge is 0.416 e. The van der Waals surface area contributed by atoms with Crippen molar-refractivity contribution >= 4 is 16.9 Å². The standard InChI is InChI=1S/C12H10F3NO2/c1-2-16-6-9(11(17)18)8-5-7(12(13,14)15)3-4-10(8)16/h3-6H,2H2,1H3,(H,17,18). The number of carboxylic acids is 1. The predicted octanol–water partition coefficient (Wildman–Crippen LogP) is 3.38. The Labute approximate surface area is 100 Å².